The van der Waals surface area contributed by atoms with Gasteiger partial charge in [0.15, 0.2) is 5.82 Å². The molecule has 1 amide bonds. The third-order valence-corrected chi connectivity index (χ3v) is 5.44. The van der Waals surface area contributed by atoms with Crippen molar-refractivity contribution in [3.8, 4) is 23.1 Å². The lowest BCUT2D eigenvalue weighted by Gasteiger charge is -2.24. The van der Waals surface area contributed by atoms with Crippen molar-refractivity contribution in [3.05, 3.63) is 54.1 Å². The second kappa shape index (κ2) is 9.25. The Hall–Kier alpha value is -3.36. The highest BCUT2D eigenvalue weighted by molar-refractivity contribution is 5.93. The molecule has 1 fully saturated rings. The fourth-order valence-electron chi connectivity index (χ4n) is 3.40. The Balaban J connectivity index is 1.67. The van der Waals surface area contributed by atoms with Crippen LogP contribution in [0.25, 0.3) is 17.1 Å². The van der Waals surface area contributed by atoms with Crippen LogP contribution < -0.4 is 10.1 Å². The molecule has 0 bridgehead atoms. The molecule has 1 aliphatic carbocycles. The molecule has 33 heavy (non-hydrogen) atoms. The highest BCUT2D eigenvalue weighted by Gasteiger charge is 2.30. The minimum atomic E-state index is -4.43. The standard InChI is InChI=1S/C24H25F3N4O2/c1-15(2)14-33-23-29-21(16-9-11-18(12-10-16)24(25,26)27)31(30-23)20-8-4-7-19(13-20)28-22(32)17-5-3-6-17/h4,7-13,15,17H,3,5-6,14H2,1-2H3,(H,28,32). The van der Waals surface area contributed by atoms with Crippen LogP contribution in [-0.4, -0.2) is 27.3 Å². The van der Waals surface area contributed by atoms with Crippen LogP contribution in [0, 0.1) is 11.8 Å². The van der Waals surface area contributed by atoms with Crippen LogP contribution in [-0.2, 0) is 11.0 Å². The third kappa shape index (κ3) is 5.35. The SMILES string of the molecule is CC(C)COc1nc(-c2ccc(C(F)(F)F)cc2)n(-c2cccc(NC(=O)C3CCC3)c2)n1. The molecule has 1 N–H and O–H groups in total. The number of anilines is 1. The zero-order chi connectivity index (χ0) is 23.6. The van der Waals surface area contributed by atoms with E-state index in [2.05, 4.69) is 15.4 Å². The van der Waals surface area contributed by atoms with E-state index in [1.165, 1.54) is 16.8 Å². The Bertz CT molecular complexity index is 1120. The Morgan fingerprint density at radius 2 is 1.91 bits per heavy atom. The van der Waals surface area contributed by atoms with Gasteiger partial charge in [-0.3, -0.25) is 4.79 Å². The summed E-state index contributed by atoms with van der Waals surface area (Å²) in [5.41, 5.74) is 0.930. The molecule has 0 spiro atoms. The first kappa shape index (κ1) is 22.8. The molecule has 0 atom stereocenters. The van der Waals surface area contributed by atoms with Gasteiger partial charge in [0.25, 0.3) is 0 Å². The molecule has 2 aromatic carbocycles. The lowest BCUT2D eigenvalue weighted by Crippen LogP contribution is -2.28. The Morgan fingerprint density at radius 1 is 1.18 bits per heavy atom. The van der Waals surface area contributed by atoms with Gasteiger partial charge in [-0.25, -0.2) is 4.68 Å². The summed E-state index contributed by atoms with van der Waals surface area (Å²) in [6, 6.07) is 12.0. The monoisotopic (exact) mass is 458 g/mol. The Kier molecular flexibility index (Phi) is 6.40. The van der Waals surface area contributed by atoms with Crippen molar-refractivity contribution in [2.24, 2.45) is 11.8 Å². The van der Waals surface area contributed by atoms with Crippen LogP contribution in [0.4, 0.5) is 18.9 Å². The summed E-state index contributed by atoms with van der Waals surface area (Å²) < 4.78 is 46.2. The normalized spacial score (nSPS) is 14.2. The number of nitrogens with one attached hydrogen (secondary N) is 1. The molecular formula is C24H25F3N4O2. The minimum Gasteiger partial charge on any atom is -0.462 e. The molecule has 4 rings (SSSR count). The predicted molar refractivity (Wildman–Crippen MR) is 118 cm³/mol. The van der Waals surface area contributed by atoms with Gasteiger partial charge in [-0.1, -0.05) is 38.5 Å². The van der Waals surface area contributed by atoms with Crippen LogP contribution >= 0.6 is 0 Å². The van der Waals surface area contributed by atoms with Gasteiger partial charge in [-0.2, -0.15) is 18.2 Å². The van der Waals surface area contributed by atoms with Crippen molar-refractivity contribution in [2.75, 3.05) is 11.9 Å². The summed E-state index contributed by atoms with van der Waals surface area (Å²) in [4.78, 5) is 16.8. The van der Waals surface area contributed by atoms with Gasteiger partial charge in [0.2, 0.25) is 5.91 Å². The fourth-order valence-corrected chi connectivity index (χ4v) is 3.40. The molecule has 6 nitrogen and oxygen atoms in total. The van der Waals surface area contributed by atoms with Gasteiger partial charge in [0.1, 0.15) is 0 Å². The summed E-state index contributed by atoms with van der Waals surface area (Å²) in [5.74, 6) is 0.612. The van der Waals surface area contributed by atoms with Crippen LogP contribution in [0.2, 0.25) is 0 Å². The van der Waals surface area contributed by atoms with E-state index in [1.807, 2.05) is 13.8 Å². The van der Waals surface area contributed by atoms with Crippen molar-refractivity contribution in [1.29, 1.82) is 0 Å². The van der Waals surface area contributed by atoms with Crippen molar-refractivity contribution in [1.82, 2.24) is 14.8 Å². The van der Waals surface area contributed by atoms with E-state index < -0.39 is 11.7 Å². The smallest absolute Gasteiger partial charge is 0.416 e. The Labute approximate surface area is 189 Å². The Morgan fingerprint density at radius 3 is 2.52 bits per heavy atom. The van der Waals surface area contributed by atoms with E-state index in [1.54, 1.807) is 24.3 Å². The van der Waals surface area contributed by atoms with Gasteiger partial charge in [-0.05, 0) is 49.1 Å². The number of benzene rings is 2. The number of rotatable bonds is 7. The van der Waals surface area contributed by atoms with Gasteiger partial charge < -0.3 is 10.1 Å². The number of halogens is 3. The van der Waals surface area contributed by atoms with Crippen molar-refractivity contribution in [2.45, 2.75) is 39.3 Å². The topological polar surface area (TPSA) is 69.0 Å². The van der Waals surface area contributed by atoms with Gasteiger partial charge in [0.05, 0.1) is 17.9 Å². The number of hydrogen-bond donors (Lipinski definition) is 1. The molecule has 0 saturated heterocycles. The lowest BCUT2D eigenvalue weighted by atomic mass is 9.85. The van der Waals surface area contributed by atoms with Crippen LogP contribution in [0.15, 0.2) is 48.5 Å². The maximum atomic E-state index is 13.0. The molecular weight excluding hydrogens is 433 g/mol. The molecule has 1 aliphatic rings. The number of alkyl halides is 3. The predicted octanol–water partition coefficient (Wildman–Crippen LogP) is 5.73. The number of carbonyl (C=O) groups excluding carboxylic acids is 1. The zero-order valence-electron chi connectivity index (χ0n) is 18.4. The quantitative estimate of drug-likeness (QED) is 0.491. The highest BCUT2D eigenvalue weighted by Crippen LogP contribution is 2.32. The number of hydrogen-bond acceptors (Lipinski definition) is 4. The van der Waals surface area contributed by atoms with E-state index in [4.69, 9.17) is 4.74 Å². The molecule has 174 valence electrons. The summed E-state index contributed by atoms with van der Waals surface area (Å²) in [6.45, 7) is 4.37. The molecule has 1 heterocycles. The van der Waals surface area contributed by atoms with Gasteiger partial charge in [-0.15, -0.1) is 5.10 Å². The average molecular weight is 458 g/mol. The van der Waals surface area contributed by atoms with E-state index in [-0.39, 0.29) is 23.8 Å². The average Bonchev–Trinajstić information content (AvgIpc) is 3.15. The second-order valence-electron chi connectivity index (χ2n) is 8.58. The van der Waals surface area contributed by atoms with Gasteiger partial charge >= 0.3 is 12.2 Å². The number of nitrogens with zero attached hydrogens (tertiary/aromatic N) is 3. The molecule has 0 unspecified atom stereocenters. The molecule has 0 aliphatic heterocycles. The molecule has 1 aromatic heterocycles. The first-order valence-corrected chi connectivity index (χ1v) is 10.9. The highest BCUT2D eigenvalue weighted by atomic mass is 19.4. The summed E-state index contributed by atoms with van der Waals surface area (Å²) in [6.07, 6.45) is -1.58. The van der Waals surface area contributed by atoms with Crippen LogP contribution in [0.5, 0.6) is 6.01 Å². The van der Waals surface area contributed by atoms with Crippen molar-refractivity contribution in [3.63, 3.8) is 0 Å². The number of carbonyl (C=O) groups is 1. The van der Waals surface area contributed by atoms with Crippen LogP contribution in [0.3, 0.4) is 0 Å². The summed E-state index contributed by atoms with van der Waals surface area (Å²) in [7, 11) is 0. The van der Waals surface area contributed by atoms with Crippen LogP contribution in [0.1, 0.15) is 38.7 Å². The maximum Gasteiger partial charge on any atom is 0.416 e. The number of aromatic nitrogens is 3. The first-order chi connectivity index (χ1) is 15.7. The van der Waals surface area contributed by atoms with Crippen molar-refractivity contribution >= 4 is 11.6 Å². The van der Waals surface area contributed by atoms with Gasteiger partial charge in [0, 0.05) is 17.2 Å². The summed E-state index contributed by atoms with van der Waals surface area (Å²) >= 11 is 0. The lowest BCUT2D eigenvalue weighted by molar-refractivity contribution is -0.137. The van der Waals surface area contributed by atoms with E-state index in [0.717, 1.165) is 31.4 Å². The van der Waals surface area contributed by atoms with E-state index >= 15 is 0 Å². The first-order valence-electron chi connectivity index (χ1n) is 10.9. The third-order valence-electron chi connectivity index (χ3n) is 5.44. The minimum absolute atomic E-state index is 0.0130. The second-order valence-corrected chi connectivity index (χ2v) is 8.58. The van der Waals surface area contributed by atoms with Crippen molar-refractivity contribution < 1.29 is 22.7 Å². The molecule has 9 heteroatoms. The number of amides is 1. The van der Waals surface area contributed by atoms with E-state index in [0.29, 0.717) is 29.4 Å². The van der Waals surface area contributed by atoms with E-state index in [9.17, 15) is 18.0 Å². The zero-order valence-corrected chi connectivity index (χ0v) is 18.4. The fraction of sp³-hybridized carbons (Fsp3) is 0.375. The molecule has 1 saturated carbocycles. The largest absolute Gasteiger partial charge is 0.462 e. The maximum absolute atomic E-state index is 13.0. The molecule has 3 aromatic rings. The summed E-state index contributed by atoms with van der Waals surface area (Å²) in [5, 5.41) is 7.36. The molecule has 0 radical (unpaired) electrons. The number of ether oxygens (including phenoxy) is 1.